The highest BCUT2D eigenvalue weighted by atomic mass is 28.4. The van der Waals surface area contributed by atoms with Crippen molar-refractivity contribution in [2.24, 2.45) is 5.73 Å². The van der Waals surface area contributed by atoms with Crippen LogP contribution in [-0.2, 0) is 4.79 Å². The van der Waals surface area contributed by atoms with Gasteiger partial charge in [-0.1, -0.05) is 144 Å². The zero-order valence-electron chi connectivity index (χ0n) is 25.4. The Morgan fingerprint density at radius 3 is 1.17 bits per heavy atom. The fourth-order valence-corrected chi connectivity index (χ4v) is 32.3. The molecule has 0 amide bonds. The molecule has 0 heterocycles. The summed E-state index contributed by atoms with van der Waals surface area (Å²) in [6.07, 6.45) is 0. The van der Waals surface area contributed by atoms with Gasteiger partial charge in [0.15, 0.2) is 0 Å². The molecule has 0 fully saturated rings. The number of hydrogen-bond donors (Lipinski definition) is 1. The van der Waals surface area contributed by atoms with E-state index in [1.807, 2.05) is 0 Å². The minimum atomic E-state index is -2.14. The molecule has 2 aromatic carbocycles. The summed E-state index contributed by atoms with van der Waals surface area (Å²) >= 11 is 0. The van der Waals surface area contributed by atoms with Crippen LogP contribution in [0.15, 0.2) is 61.2 Å². The molecular formula is C33H55NSi2. The van der Waals surface area contributed by atoms with E-state index in [1.165, 1.54) is 16.7 Å². The van der Waals surface area contributed by atoms with Crippen LogP contribution in [-0.4, -0.2) is 16.1 Å². The van der Waals surface area contributed by atoms with Crippen LogP contribution in [0.2, 0.25) is 33.2 Å². The first-order valence-electron chi connectivity index (χ1n) is 14.3. The van der Waals surface area contributed by atoms with Crippen molar-refractivity contribution in [2.75, 3.05) is 0 Å². The molecule has 0 aromatic heterocycles. The van der Waals surface area contributed by atoms with E-state index < -0.39 is 16.1 Å². The normalized spacial score (nSPS) is 13.6. The molecule has 0 saturated carbocycles. The average molecular weight is 522 g/mol. The molecule has 0 radical (unpaired) electrons. The summed E-state index contributed by atoms with van der Waals surface area (Å²) in [4.78, 5) is -0.264. The van der Waals surface area contributed by atoms with E-state index in [2.05, 4.69) is 144 Å². The molecule has 3 heteroatoms. The molecule has 0 aliphatic carbocycles. The molecule has 0 spiro atoms. The van der Waals surface area contributed by atoms with Gasteiger partial charge >= 0.3 is 0 Å². The lowest BCUT2D eigenvalue weighted by molar-refractivity contribution is 0.621. The van der Waals surface area contributed by atoms with Gasteiger partial charge in [0, 0.05) is 4.79 Å². The first kappa shape index (κ1) is 30.8. The quantitative estimate of drug-likeness (QED) is 0.292. The summed E-state index contributed by atoms with van der Waals surface area (Å²) < 4.78 is 0. The van der Waals surface area contributed by atoms with E-state index in [1.54, 1.807) is 0 Å². The summed E-state index contributed by atoms with van der Waals surface area (Å²) in [7, 11) is -4.27. The standard InChI is InChI=1S/C33H55NSi2/c1-23(2)35(24(3)4,25(5)6)33(34,36(26(7)8,27(9)10)28(11)12)32-21-19-31(20-22-32)29(13)30-17-15-14-16-18-30/h14-28H,13,34H2,1-12H3. The van der Waals surface area contributed by atoms with Crippen LogP contribution < -0.4 is 5.73 Å². The van der Waals surface area contributed by atoms with E-state index in [9.17, 15) is 0 Å². The highest BCUT2D eigenvalue weighted by molar-refractivity contribution is 7.04. The molecule has 2 rings (SSSR count). The fraction of sp³-hybridized carbons (Fsp3) is 0.576. The topological polar surface area (TPSA) is 26.0 Å². The highest BCUT2D eigenvalue weighted by Crippen LogP contribution is 2.62. The van der Waals surface area contributed by atoms with Crippen LogP contribution in [0.1, 0.15) is 99.8 Å². The third-order valence-corrected chi connectivity index (χ3v) is 27.3. The van der Waals surface area contributed by atoms with Gasteiger partial charge in [-0.05, 0) is 55.5 Å². The van der Waals surface area contributed by atoms with Crippen molar-refractivity contribution in [1.82, 2.24) is 0 Å². The Morgan fingerprint density at radius 2 is 0.861 bits per heavy atom. The second-order valence-electron chi connectivity index (χ2n) is 13.0. The van der Waals surface area contributed by atoms with Crippen molar-refractivity contribution in [3.8, 4) is 0 Å². The number of nitrogens with two attached hydrogens (primary N) is 1. The first-order valence-corrected chi connectivity index (χ1v) is 18.7. The zero-order chi connectivity index (χ0) is 27.6. The van der Waals surface area contributed by atoms with Crippen LogP contribution in [0.25, 0.3) is 5.57 Å². The van der Waals surface area contributed by atoms with Gasteiger partial charge in [-0.2, -0.15) is 0 Å². The van der Waals surface area contributed by atoms with Crippen LogP contribution in [0.4, 0.5) is 0 Å². The van der Waals surface area contributed by atoms with E-state index in [0.29, 0.717) is 33.2 Å². The lowest BCUT2D eigenvalue weighted by atomic mass is 9.98. The first-order chi connectivity index (χ1) is 16.6. The second-order valence-corrected chi connectivity index (χ2v) is 25.8. The van der Waals surface area contributed by atoms with Gasteiger partial charge in [-0.15, -0.1) is 0 Å². The van der Waals surface area contributed by atoms with Gasteiger partial charge in [0.1, 0.15) is 0 Å². The Kier molecular flexibility index (Phi) is 9.87. The van der Waals surface area contributed by atoms with E-state index in [0.717, 1.165) is 5.57 Å². The summed E-state index contributed by atoms with van der Waals surface area (Å²) in [6, 6.07) is 19.9. The van der Waals surface area contributed by atoms with Gasteiger partial charge < -0.3 is 5.73 Å². The minimum absolute atomic E-state index is 0.264. The second kappa shape index (κ2) is 11.5. The van der Waals surface area contributed by atoms with Crippen molar-refractivity contribution in [3.63, 3.8) is 0 Å². The molecule has 0 bridgehead atoms. The third-order valence-electron chi connectivity index (χ3n) is 9.91. The van der Waals surface area contributed by atoms with Crippen molar-refractivity contribution in [1.29, 1.82) is 0 Å². The number of rotatable bonds is 11. The van der Waals surface area contributed by atoms with Gasteiger partial charge in [-0.3, -0.25) is 0 Å². The largest absolute Gasteiger partial charge is 0.326 e. The Hall–Kier alpha value is -1.43. The minimum Gasteiger partial charge on any atom is -0.326 e. The molecule has 0 aliphatic rings. The van der Waals surface area contributed by atoms with Crippen molar-refractivity contribution in [3.05, 3.63) is 77.9 Å². The Bertz CT molecular complexity index is 909. The predicted molar refractivity (Wildman–Crippen MR) is 169 cm³/mol. The van der Waals surface area contributed by atoms with Crippen LogP contribution in [0.5, 0.6) is 0 Å². The summed E-state index contributed by atoms with van der Waals surface area (Å²) in [5.74, 6) is 0. The summed E-state index contributed by atoms with van der Waals surface area (Å²) in [6.45, 7) is 34.3. The molecule has 36 heavy (non-hydrogen) atoms. The Balaban J connectivity index is 2.97. The maximum atomic E-state index is 8.32. The maximum Gasteiger partial charge on any atom is 0.0857 e. The van der Waals surface area contributed by atoms with Crippen LogP contribution in [0.3, 0.4) is 0 Å². The predicted octanol–water partition coefficient (Wildman–Crippen LogP) is 10.3. The zero-order valence-corrected chi connectivity index (χ0v) is 27.4. The SMILES string of the molecule is C=C(c1ccccc1)c1ccc(C(N)([Si](C(C)C)(C(C)C)C(C)C)[Si](C(C)C)(C(C)C)C(C)C)cc1. The maximum absolute atomic E-state index is 8.32. The van der Waals surface area contributed by atoms with Crippen LogP contribution in [0, 0.1) is 0 Å². The smallest absolute Gasteiger partial charge is 0.0857 e. The molecular weight excluding hydrogens is 467 g/mol. The van der Waals surface area contributed by atoms with Gasteiger partial charge in [0.25, 0.3) is 0 Å². The van der Waals surface area contributed by atoms with Crippen molar-refractivity contribution < 1.29 is 0 Å². The highest BCUT2D eigenvalue weighted by Gasteiger charge is 2.69. The molecule has 0 aliphatic heterocycles. The molecule has 0 atom stereocenters. The molecule has 0 unspecified atom stereocenters. The molecule has 2 aromatic rings. The van der Waals surface area contributed by atoms with Gasteiger partial charge in [-0.25, -0.2) is 0 Å². The molecule has 2 N–H and O–H groups in total. The lowest BCUT2D eigenvalue weighted by Crippen LogP contribution is -2.81. The Morgan fingerprint density at radius 1 is 0.556 bits per heavy atom. The van der Waals surface area contributed by atoms with E-state index in [-0.39, 0.29) is 4.79 Å². The lowest BCUT2D eigenvalue weighted by Gasteiger charge is -2.66. The molecule has 1 nitrogen and oxygen atoms in total. The van der Waals surface area contributed by atoms with E-state index >= 15 is 0 Å². The summed E-state index contributed by atoms with van der Waals surface area (Å²) in [5, 5.41) is 0. The van der Waals surface area contributed by atoms with Crippen LogP contribution >= 0.6 is 0 Å². The number of hydrogen-bond acceptors (Lipinski definition) is 1. The number of benzene rings is 2. The van der Waals surface area contributed by atoms with Crippen molar-refractivity contribution in [2.45, 2.75) is 121 Å². The summed E-state index contributed by atoms with van der Waals surface area (Å²) in [5.41, 5.74) is 16.7. The average Bonchev–Trinajstić information content (AvgIpc) is 2.78. The van der Waals surface area contributed by atoms with Gasteiger partial charge in [0.05, 0.1) is 16.1 Å². The Labute approximate surface area is 226 Å². The molecule has 200 valence electrons. The monoisotopic (exact) mass is 521 g/mol. The molecule has 0 saturated heterocycles. The van der Waals surface area contributed by atoms with Crippen molar-refractivity contribution >= 4 is 21.7 Å². The fourth-order valence-electron chi connectivity index (χ4n) is 9.35. The third kappa shape index (κ3) is 4.54. The van der Waals surface area contributed by atoms with Gasteiger partial charge in [0.2, 0.25) is 0 Å². The van der Waals surface area contributed by atoms with E-state index in [4.69, 9.17) is 5.73 Å².